The Bertz CT molecular complexity index is 761. The number of benzene rings is 2. The molecule has 2 amide bonds. The van der Waals surface area contributed by atoms with Crippen LogP contribution < -0.4 is 20.1 Å². The summed E-state index contributed by atoms with van der Waals surface area (Å²) in [6.45, 7) is 4.88. The van der Waals surface area contributed by atoms with Gasteiger partial charge in [-0.25, -0.2) is 0 Å². The molecule has 0 bridgehead atoms. The van der Waals surface area contributed by atoms with Crippen LogP contribution in [-0.2, 0) is 16.0 Å². The standard InChI is InChI=1S/C21H26N2O4/c1-3-22-21(25)15-27-18-10-7-9-17(14-18)23-20(24)13-12-16-8-5-6-11-19(16)26-4-2/h5-11,14H,3-4,12-13,15H2,1-2H3,(H,22,25)(H,23,24). The second-order valence-corrected chi connectivity index (χ2v) is 5.86. The van der Waals surface area contributed by atoms with E-state index in [0.29, 0.717) is 37.4 Å². The zero-order valence-corrected chi connectivity index (χ0v) is 15.8. The maximum absolute atomic E-state index is 12.3. The Balaban J connectivity index is 1.87. The molecule has 2 N–H and O–H groups in total. The smallest absolute Gasteiger partial charge is 0.257 e. The summed E-state index contributed by atoms with van der Waals surface area (Å²) in [5.74, 6) is 1.07. The van der Waals surface area contributed by atoms with Crippen LogP contribution in [0, 0.1) is 0 Å². The van der Waals surface area contributed by atoms with Gasteiger partial charge in [0.2, 0.25) is 5.91 Å². The van der Waals surface area contributed by atoms with Gasteiger partial charge in [0, 0.05) is 24.7 Å². The van der Waals surface area contributed by atoms with Crippen LogP contribution in [0.1, 0.15) is 25.8 Å². The number of hydrogen-bond donors (Lipinski definition) is 2. The molecule has 6 heteroatoms. The number of anilines is 1. The molecular weight excluding hydrogens is 344 g/mol. The second kappa shape index (κ2) is 10.9. The monoisotopic (exact) mass is 370 g/mol. The van der Waals surface area contributed by atoms with Crippen molar-refractivity contribution in [2.24, 2.45) is 0 Å². The first kappa shape index (κ1) is 20.3. The topological polar surface area (TPSA) is 76.7 Å². The van der Waals surface area contributed by atoms with Gasteiger partial charge in [-0.1, -0.05) is 24.3 Å². The fourth-order valence-corrected chi connectivity index (χ4v) is 2.54. The molecule has 0 aliphatic rings. The van der Waals surface area contributed by atoms with Crippen LogP contribution >= 0.6 is 0 Å². The van der Waals surface area contributed by atoms with Crippen molar-refractivity contribution in [3.63, 3.8) is 0 Å². The lowest BCUT2D eigenvalue weighted by molar-refractivity contribution is -0.123. The molecule has 0 saturated heterocycles. The minimum absolute atomic E-state index is 0.0561. The molecule has 2 rings (SSSR count). The Kier molecular flexibility index (Phi) is 8.16. The van der Waals surface area contributed by atoms with E-state index in [4.69, 9.17) is 9.47 Å². The highest BCUT2D eigenvalue weighted by Crippen LogP contribution is 2.21. The average molecular weight is 370 g/mol. The van der Waals surface area contributed by atoms with E-state index in [1.54, 1.807) is 24.3 Å². The Morgan fingerprint density at radius 3 is 2.56 bits per heavy atom. The number of nitrogens with one attached hydrogen (secondary N) is 2. The first-order valence-corrected chi connectivity index (χ1v) is 9.12. The molecular formula is C21H26N2O4. The zero-order valence-electron chi connectivity index (χ0n) is 15.8. The zero-order chi connectivity index (χ0) is 19.5. The van der Waals surface area contributed by atoms with E-state index in [2.05, 4.69) is 10.6 Å². The first-order valence-electron chi connectivity index (χ1n) is 9.12. The number of aryl methyl sites for hydroxylation is 1. The summed E-state index contributed by atoms with van der Waals surface area (Å²) in [4.78, 5) is 23.7. The minimum atomic E-state index is -0.181. The summed E-state index contributed by atoms with van der Waals surface area (Å²) in [7, 11) is 0. The number of amides is 2. The van der Waals surface area contributed by atoms with Crippen molar-refractivity contribution >= 4 is 17.5 Å². The molecule has 0 atom stereocenters. The van der Waals surface area contributed by atoms with E-state index in [0.717, 1.165) is 11.3 Å². The number of carbonyl (C=O) groups is 2. The van der Waals surface area contributed by atoms with Crippen LogP contribution in [0.25, 0.3) is 0 Å². The highest BCUT2D eigenvalue weighted by atomic mass is 16.5. The molecule has 0 aromatic heterocycles. The largest absolute Gasteiger partial charge is 0.494 e. The molecule has 0 spiro atoms. The van der Waals surface area contributed by atoms with Crippen molar-refractivity contribution in [2.45, 2.75) is 26.7 Å². The molecule has 6 nitrogen and oxygen atoms in total. The molecule has 27 heavy (non-hydrogen) atoms. The minimum Gasteiger partial charge on any atom is -0.494 e. The van der Waals surface area contributed by atoms with E-state index in [1.165, 1.54) is 0 Å². The van der Waals surface area contributed by atoms with Crippen molar-refractivity contribution < 1.29 is 19.1 Å². The highest BCUT2D eigenvalue weighted by Gasteiger charge is 2.08. The molecule has 2 aromatic rings. The average Bonchev–Trinajstić information content (AvgIpc) is 2.66. The molecule has 0 aliphatic heterocycles. The van der Waals surface area contributed by atoms with Gasteiger partial charge in [-0.2, -0.15) is 0 Å². The summed E-state index contributed by atoms with van der Waals surface area (Å²) in [5.41, 5.74) is 1.64. The van der Waals surface area contributed by atoms with Crippen LogP contribution in [-0.4, -0.2) is 31.6 Å². The Hall–Kier alpha value is -3.02. The van der Waals surface area contributed by atoms with Crippen LogP contribution in [0.3, 0.4) is 0 Å². The number of hydrogen-bond acceptors (Lipinski definition) is 4. The van der Waals surface area contributed by atoms with E-state index in [9.17, 15) is 9.59 Å². The quantitative estimate of drug-likeness (QED) is 0.673. The third kappa shape index (κ3) is 7.01. The maximum Gasteiger partial charge on any atom is 0.257 e. The van der Waals surface area contributed by atoms with Gasteiger partial charge < -0.3 is 20.1 Å². The molecule has 0 saturated carbocycles. The maximum atomic E-state index is 12.3. The van der Waals surface area contributed by atoms with Crippen molar-refractivity contribution in [2.75, 3.05) is 25.1 Å². The van der Waals surface area contributed by atoms with Gasteiger partial charge in [0.05, 0.1) is 6.61 Å². The highest BCUT2D eigenvalue weighted by molar-refractivity contribution is 5.91. The van der Waals surface area contributed by atoms with Gasteiger partial charge in [-0.15, -0.1) is 0 Å². The summed E-state index contributed by atoms with van der Waals surface area (Å²) in [6.07, 6.45) is 0.934. The third-order valence-corrected chi connectivity index (χ3v) is 3.76. The van der Waals surface area contributed by atoms with Crippen LogP contribution in [0.15, 0.2) is 48.5 Å². The van der Waals surface area contributed by atoms with E-state index in [-0.39, 0.29) is 18.4 Å². The lowest BCUT2D eigenvalue weighted by Crippen LogP contribution is -2.28. The fourth-order valence-electron chi connectivity index (χ4n) is 2.54. The first-order chi connectivity index (χ1) is 13.1. The molecule has 144 valence electrons. The van der Waals surface area contributed by atoms with Crippen molar-refractivity contribution in [3.8, 4) is 11.5 Å². The van der Waals surface area contributed by atoms with Crippen molar-refractivity contribution in [3.05, 3.63) is 54.1 Å². The normalized spacial score (nSPS) is 10.1. The molecule has 2 aromatic carbocycles. The van der Waals surface area contributed by atoms with Gasteiger partial charge in [0.25, 0.3) is 5.91 Å². The van der Waals surface area contributed by atoms with Crippen LogP contribution in [0.4, 0.5) is 5.69 Å². The number of para-hydroxylation sites is 1. The van der Waals surface area contributed by atoms with Crippen LogP contribution in [0.5, 0.6) is 11.5 Å². The van der Waals surface area contributed by atoms with Gasteiger partial charge in [0.15, 0.2) is 6.61 Å². The molecule has 0 fully saturated rings. The van der Waals surface area contributed by atoms with E-state index in [1.807, 2.05) is 38.1 Å². The lowest BCUT2D eigenvalue weighted by atomic mass is 10.1. The number of carbonyl (C=O) groups excluding carboxylic acids is 2. The number of rotatable bonds is 10. The number of ether oxygens (including phenoxy) is 2. The SMILES string of the molecule is CCNC(=O)COc1cccc(NC(=O)CCc2ccccc2OCC)c1. The van der Waals surface area contributed by atoms with Crippen LogP contribution in [0.2, 0.25) is 0 Å². The number of likely N-dealkylation sites (N-methyl/N-ethyl adjacent to an activating group) is 1. The molecule has 0 unspecified atom stereocenters. The van der Waals surface area contributed by atoms with Crippen molar-refractivity contribution in [1.29, 1.82) is 0 Å². The Morgan fingerprint density at radius 1 is 0.963 bits per heavy atom. The van der Waals surface area contributed by atoms with E-state index >= 15 is 0 Å². The third-order valence-electron chi connectivity index (χ3n) is 3.76. The van der Waals surface area contributed by atoms with Gasteiger partial charge in [0.1, 0.15) is 11.5 Å². The summed E-state index contributed by atoms with van der Waals surface area (Å²) in [6, 6.07) is 14.7. The van der Waals surface area contributed by atoms with Gasteiger partial charge in [-0.3, -0.25) is 9.59 Å². The lowest BCUT2D eigenvalue weighted by Gasteiger charge is -2.11. The summed E-state index contributed by atoms with van der Waals surface area (Å²) in [5, 5.41) is 5.52. The Morgan fingerprint density at radius 2 is 1.78 bits per heavy atom. The molecule has 0 aliphatic carbocycles. The van der Waals surface area contributed by atoms with Gasteiger partial charge >= 0.3 is 0 Å². The summed E-state index contributed by atoms with van der Waals surface area (Å²) < 4.78 is 11.0. The predicted octanol–water partition coefficient (Wildman–Crippen LogP) is 3.17. The second-order valence-electron chi connectivity index (χ2n) is 5.86. The molecule has 0 heterocycles. The van der Waals surface area contributed by atoms with Gasteiger partial charge in [-0.05, 0) is 44.0 Å². The fraction of sp³-hybridized carbons (Fsp3) is 0.333. The van der Waals surface area contributed by atoms with E-state index < -0.39 is 0 Å². The Labute approximate surface area is 159 Å². The summed E-state index contributed by atoms with van der Waals surface area (Å²) >= 11 is 0. The molecule has 0 radical (unpaired) electrons. The predicted molar refractivity (Wildman–Crippen MR) is 105 cm³/mol. The van der Waals surface area contributed by atoms with Crippen molar-refractivity contribution in [1.82, 2.24) is 5.32 Å².